The van der Waals surface area contributed by atoms with Crippen molar-refractivity contribution < 1.29 is 91.8 Å². The maximum absolute atomic E-state index is 10.6. The van der Waals surface area contributed by atoms with Crippen molar-refractivity contribution in [2.24, 2.45) is 0 Å². The Hall–Kier alpha value is 1.54. The Balaban J connectivity index is -0.00000144. The molecule has 20 heavy (non-hydrogen) atoms. The molecule has 0 fully saturated rings. The number of aliphatic hydroxyl groups is 2. The van der Waals surface area contributed by atoms with E-state index in [9.17, 15) is 27.6 Å². The Morgan fingerprint density at radius 2 is 1.20 bits per heavy atom. The average molecular weight is 349 g/mol. The summed E-state index contributed by atoms with van der Waals surface area (Å²) in [6.07, 6.45) is -1.09. The van der Waals surface area contributed by atoms with Gasteiger partial charge in [-0.1, -0.05) is 0 Å². The zero-order valence-corrected chi connectivity index (χ0v) is 16.8. The largest absolute Gasteiger partial charge is 1.00 e. The van der Waals surface area contributed by atoms with Crippen LogP contribution in [-0.2, 0) is 22.2 Å². The molecule has 0 spiro atoms. The van der Waals surface area contributed by atoms with E-state index in [2.05, 4.69) is 0 Å². The van der Waals surface area contributed by atoms with E-state index < -0.39 is 44.0 Å². The average Bonchev–Trinajstić information content (AvgIpc) is 2.27. The molecule has 0 saturated heterocycles. The van der Waals surface area contributed by atoms with Gasteiger partial charge < -0.3 is 19.3 Å². The van der Waals surface area contributed by atoms with Crippen LogP contribution in [0.15, 0.2) is 0 Å². The van der Waals surface area contributed by atoms with Gasteiger partial charge in [-0.25, -0.2) is 0 Å². The van der Waals surface area contributed by atoms with Crippen molar-refractivity contribution in [1.82, 2.24) is 0 Å². The maximum Gasteiger partial charge on any atom is 1.00 e. The molecule has 4 atom stereocenters. The van der Waals surface area contributed by atoms with Crippen LogP contribution in [0.2, 0.25) is 0 Å². The van der Waals surface area contributed by atoms with E-state index in [0.29, 0.717) is 0 Å². The third-order valence-corrected chi connectivity index (χ3v) is 3.60. The standard InChI is InChI=1S/C7H15NO8S2.2Na/c9-6(17(13)14)3-1-5(8(11)12)2-4-7(10)18(15)16;;/h5-7,9-10H,1-4H2,(H,13,14)(H,15,16);;/q;2*+1/p-2. The van der Waals surface area contributed by atoms with Crippen molar-refractivity contribution in [2.75, 3.05) is 0 Å². The van der Waals surface area contributed by atoms with E-state index in [0.717, 1.165) is 0 Å². The second-order valence-corrected chi connectivity index (χ2v) is 5.65. The third kappa shape index (κ3) is 12.1. The van der Waals surface area contributed by atoms with Crippen LogP contribution in [0.5, 0.6) is 0 Å². The molecule has 4 unspecified atom stereocenters. The van der Waals surface area contributed by atoms with E-state index in [-0.39, 0.29) is 84.8 Å². The molecule has 0 aromatic heterocycles. The van der Waals surface area contributed by atoms with Crippen molar-refractivity contribution in [3.63, 3.8) is 0 Å². The number of hydrogen-bond acceptors (Lipinski definition) is 8. The quantitative estimate of drug-likeness (QED) is 0.179. The SMILES string of the molecule is O=[N+]([O-])C(CCC(O)S(=O)[O-])CCC(O)S(=O)[O-].[Na+].[Na+]. The molecule has 0 radical (unpaired) electrons. The summed E-state index contributed by atoms with van der Waals surface area (Å²) in [5.41, 5.74) is -3.38. The summed E-state index contributed by atoms with van der Waals surface area (Å²) in [7, 11) is 0. The van der Waals surface area contributed by atoms with Crippen LogP contribution in [0.4, 0.5) is 0 Å². The van der Waals surface area contributed by atoms with Crippen molar-refractivity contribution in [3.8, 4) is 0 Å². The topological polar surface area (TPSA) is 164 Å². The molecule has 0 aliphatic rings. The maximum atomic E-state index is 10.6. The minimum Gasteiger partial charge on any atom is -0.770 e. The van der Waals surface area contributed by atoms with Gasteiger partial charge in [-0.3, -0.25) is 18.5 Å². The molecule has 0 amide bonds. The minimum atomic E-state index is -2.73. The first-order valence-electron chi connectivity index (χ1n) is 4.91. The smallest absolute Gasteiger partial charge is 0.770 e. The first kappa shape index (κ1) is 26.4. The van der Waals surface area contributed by atoms with E-state index in [1.54, 1.807) is 0 Å². The molecular weight excluding hydrogens is 336 g/mol. The second kappa shape index (κ2) is 14.2. The van der Waals surface area contributed by atoms with Gasteiger partial charge in [-0.2, -0.15) is 0 Å². The van der Waals surface area contributed by atoms with Gasteiger partial charge >= 0.3 is 59.1 Å². The van der Waals surface area contributed by atoms with Crippen LogP contribution in [0, 0.1) is 10.1 Å². The summed E-state index contributed by atoms with van der Waals surface area (Å²) in [6, 6.07) is -1.21. The van der Waals surface area contributed by atoms with Gasteiger partial charge in [-0.05, 0) is 35.0 Å². The Bertz CT molecular complexity index is 310. The van der Waals surface area contributed by atoms with Crippen molar-refractivity contribution in [1.29, 1.82) is 0 Å². The van der Waals surface area contributed by atoms with Crippen molar-refractivity contribution >= 4 is 22.2 Å². The summed E-state index contributed by atoms with van der Waals surface area (Å²) in [5, 5.41) is 28.5. The van der Waals surface area contributed by atoms with Crippen molar-refractivity contribution in [2.45, 2.75) is 42.6 Å². The van der Waals surface area contributed by atoms with Gasteiger partial charge in [0.2, 0.25) is 6.04 Å². The van der Waals surface area contributed by atoms with Crippen LogP contribution in [0.25, 0.3) is 0 Å². The molecule has 0 aliphatic carbocycles. The molecule has 9 nitrogen and oxygen atoms in total. The molecule has 0 bridgehead atoms. The summed E-state index contributed by atoms with van der Waals surface area (Å²) >= 11 is -5.45. The molecule has 0 aromatic rings. The van der Waals surface area contributed by atoms with Crippen LogP contribution in [0.3, 0.4) is 0 Å². The predicted octanol–water partition coefficient (Wildman–Crippen LogP) is -7.40. The van der Waals surface area contributed by atoms with Gasteiger partial charge in [-0.15, -0.1) is 0 Å². The molecule has 0 aromatic carbocycles. The summed E-state index contributed by atoms with van der Waals surface area (Å²) < 4.78 is 41.2. The summed E-state index contributed by atoms with van der Waals surface area (Å²) in [5.74, 6) is 0. The van der Waals surface area contributed by atoms with E-state index in [1.807, 2.05) is 0 Å². The van der Waals surface area contributed by atoms with E-state index in [4.69, 9.17) is 10.2 Å². The number of aliphatic hydroxyl groups excluding tert-OH is 2. The fourth-order valence-electron chi connectivity index (χ4n) is 1.22. The Kier molecular flexibility index (Phi) is 18.7. The van der Waals surface area contributed by atoms with Gasteiger partial charge in [0.05, 0.1) is 0 Å². The second-order valence-electron chi connectivity index (χ2n) is 3.52. The van der Waals surface area contributed by atoms with Crippen LogP contribution in [0.1, 0.15) is 25.7 Å². The molecule has 0 heterocycles. The molecule has 108 valence electrons. The molecular formula is C7H13NNa2O8S2. The third-order valence-electron chi connectivity index (χ3n) is 2.24. The van der Waals surface area contributed by atoms with Gasteiger partial charge in [0.15, 0.2) is 0 Å². The van der Waals surface area contributed by atoms with Gasteiger partial charge in [0.25, 0.3) is 0 Å². The normalized spacial score (nSPS) is 17.8. The number of nitrogens with zero attached hydrogens (tertiary/aromatic N) is 1. The van der Waals surface area contributed by atoms with E-state index >= 15 is 0 Å². The number of hydrogen-bond donors (Lipinski definition) is 2. The molecule has 0 rings (SSSR count). The van der Waals surface area contributed by atoms with Gasteiger partial charge in [0.1, 0.15) is 10.9 Å². The fraction of sp³-hybridized carbons (Fsp3) is 1.00. The van der Waals surface area contributed by atoms with Crippen LogP contribution >= 0.6 is 0 Å². The molecule has 2 N–H and O–H groups in total. The molecule has 0 aliphatic heterocycles. The van der Waals surface area contributed by atoms with E-state index in [1.165, 1.54) is 0 Å². The first-order chi connectivity index (χ1) is 8.25. The van der Waals surface area contributed by atoms with Crippen LogP contribution < -0.4 is 59.1 Å². The Morgan fingerprint density at radius 3 is 1.40 bits per heavy atom. The fourth-order valence-corrected chi connectivity index (χ4v) is 1.87. The minimum absolute atomic E-state index is 0. The number of nitro groups is 1. The Labute approximate surface area is 165 Å². The zero-order valence-electron chi connectivity index (χ0n) is 11.2. The van der Waals surface area contributed by atoms with Crippen LogP contribution in [-0.4, -0.2) is 49.6 Å². The molecule has 13 heteroatoms. The monoisotopic (exact) mass is 349 g/mol. The number of rotatable bonds is 9. The van der Waals surface area contributed by atoms with Crippen molar-refractivity contribution in [3.05, 3.63) is 10.1 Å². The zero-order chi connectivity index (χ0) is 14.3. The molecule has 0 saturated carbocycles. The Morgan fingerprint density at radius 1 is 0.900 bits per heavy atom. The summed E-state index contributed by atoms with van der Waals surface area (Å²) in [6.45, 7) is 0. The van der Waals surface area contributed by atoms with Gasteiger partial charge in [0, 0.05) is 17.8 Å². The predicted molar refractivity (Wildman–Crippen MR) is 59.1 cm³/mol. The first-order valence-corrected chi connectivity index (χ1v) is 7.19. The summed E-state index contributed by atoms with van der Waals surface area (Å²) in [4.78, 5) is 9.91.